The van der Waals surface area contributed by atoms with E-state index < -0.39 is 0 Å². The number of halogens is 1. The van der Waals surface area contributed by atoms with Crippen molar-refractivity contribution in [2.45, 2.75) is 19.9 Å². The van der Waals surface area contributed by atoms with Gasteiger partial charge in [-0.15, -0.1) is 11.3 Å². The fourth-order valence-electron chi connectivity index (χ4n) is 2.11. The van der Waals surface area contributed by atoms with Crippen LogP contribution in [0, 0.1) is 13.8 Å². The summed E-state index contributed by atoms with van der Waals surface area (Å²) < 4.78 is 6.58. The fraction of sp³-hybridized carbons (Fsp3) is 0.333. The molecule has 0 saturated carbocycles. The molecular formula is C15H18BrNOS. The summed E-state index contributed by atoms with van der Waals surface area (Å²) in [5, 5.41) is 3.38. The Labute approximate surface area is 126 Å². The molecule has 0 aliphatic heterocycles. The minimum atomic E-state index is 0.199. The number of hydrogen-bond acceptors (Lipinski definition) is 3. The fourth-order valence-corrected chi connectivity index (χ4v) is 3.81. The highest BCUT2D eigenvalue weighted by Gasteiger charge is 2.16. The highest BCUT2D eigenvalue weighted by Crippen LogP contribution is 2.35. The predicted octanol–water partition coefficient (Wildman–Crippen LogP) is 4.44. The van der Waals surface area contributed by atoms with Crippen LogP contribution in [0.15, 0.2) is 28.7 Å². The second kappa shape index (κ2) is 6.07. The van der Waals surface area contributed by atoms with Gasteiger partial charge in [0.15, 0.2) is 0 Å². The molecule has 102 valence electrons. The first-order chi connectivity index (χ1) is 9.06. The van der Waals surface area contributed by atoms with Crippen LogP contribution >= 0.6 is 27.3 Å². The lowest BCUT2D eigenvalue weighted by molar-refractivity contribution is 0.410. The van der Waals surface area contributed by atoms with Crippen molar-refractivity contribution in [2.24, 2.45) is 0 Å². The van der Waals surface area contributed by atoms with Crippen molar-refractivity contribution in [1.82, 2.24) is 5.32 Å². The molecule has 1 N–H and O–H groups in total. The predicted molar refractivity (Wildman–Crippen MR) is 85.4 cm³/mol. The number of ether oxygens (including phenoxy) is 1. The lowest BCUT2D eigenvalue weighted by atomic mass is 10.0. The zero-order valence-electron chi connectivity index (χ0n) is 11.6. The van der Waals surface area contributed by atoms with Crippen molar-refractivity contribution in [3.05, 3.63) is 49.6 Å². The van der Waals surface area contributed by atoms with Crippen molar-refractivity contribution >= 4 is 27.3 Å². The van der Waals surface area contributed by atoms with Crippen molar-refractivity contribution < 1.29 is 4.74 Å². The third-order valence-electron chi connectivity index (χ3n) is 3.21. The van der Waals surface area contributed by atoms with Gasteiger partial charge in [-0.1, -0.05) is 12.1 Å². The summed E-state index contributed by atoms with van der Waals surface area (Å²) in [4.78, 5) is 2.60. The van der Waals surface area contributed by atoms with E-state index in [1.54, 1.807) is 7.11 Å². The largest absolute Gasteiger partial charge is 0.496 e. The summed E-state index contributed by atoms with van der Waals surface area (Å²) in [6.45, 7) is 4.18. The molecule has 1 aromatic carbocycles. The van der Waals surface area contributed by atoms with Crippen molar-refractivity contribution in [3.63, 3.8) is 0 Å². The van der Waals surface area contributed by atoms with Crippen LogP contribution in [0.2, 0.25) is 0 Å². The zero-order chi connectivity index (χ0) is 14.0. The van der Waals surface area contributed by atoms with E-state index in [9.17, 15) is 0 Å². The van der Waals surface area contributed by atoms with E-state index >= 15 is 0 Å². The topological polar surface area (TPSA) is 21.3 Å². The van der Waals surface area contributed by atoms with Gasteiger partial charge in [-0.25, -0.2) is 0 Å². The number of hydrogen-bond donors (Lipinski definition) is 1. The Morgan fingerprint density at radius 2 is 2.00 bits per heavy atom. The third-order valence-corrected chi connectivity index (χ3v) is 5.42. The Kier molecular flexibility index (Phi) is 4.66. The Morgan fingerprint density at radius 3 is 2.53 bits per heavy atom. The smallest absolute Gasteiger partial charge is 0.122 e. The summed E-state index contributed by atoms with van der Waals surface area (Å²) in [6.07, 6.45) is 0. The number of benzene rings is 1. The highest BCUT2D eigenvalue weighted by atomic mass is 79.9. The van der Waals surface area contributed by atoms with E-state index in [1.807, 2.05) is 18.4 Å². The second-order valence-corrected chi connectivity index (χ2v) is 6.65. The summed E-state index contributed by atoms with van der Waals surface area (Å²) >= 11 is 5.39. The van der Waals surface area contributed by atoms with Crippen LogP contribution in [-0.2, 0) is 0 Å². The van der Waals surface area contributed by atoms with Gasteiger partial charge in [0.05, 0.1) is 13.2 Å². The molecule has 0 amide bonds. The molecular weight excluding hydrogens is 322 g/mol. The van der Waals surface area contributed by atoms with E-state index in [-0.39, 0.29) is 6.04 Å². The van der Waals surface area contributed by atoms with Gasteiger partial charge in [0.1, 0.15) is 5.75 Å². The van der Waals surface area contributed by atoms with Gasteiger partial charge in [0, 0.05) is 14.2 Å². The minimum absolute atomic E-state index is 0.199. The standard InChI is InChI=1S/C15H18BrNOS/c1-9-5-6-11(7-13(9)18-4)15(17-3)14-8-12(16)10(2)19-14/h5-8,15,17H,1-4H3. The molecule has 2 aromatic rings. The molecule has 0 aliphatic rings. The molecule has 1 unspecified atom stereocenters. The Hall–Kier alpha value is -0.840. The van der Waals surface area contributed by atoms with Crippen LogP contribution in [-0.4, -0.2) is 14.2 Å². The Balaban J connectivity index is 2.41. The average Bonchev–Trinajstić information content (AvgIpc) is 2.72. The van der Waals surface area contributed by atoms with E-state index in [0.717, 1.165) is 11.3 Å². The summed E-state index contributed by atoms with van der Waals surface area (Å²) in [7, 11) is 3.70. The number of methoxy groups -OCH3 is 1. The Morgan fingerprint density at radius 1 is 1.26 bits per heavy atom. The number of aryl methyl sites for hydroxylation is 2. The second-order valence-electron chi connectivity index (χ2n) is 4.50. The monoisotopic (exact) mass is 339 g/mol. The third kappa shape index (κ3) is 3.02. The SMILES string of the molecule is CNC(c1ccc(C)c(OC)c1)c1cc(Br)c(C)s1. The molecule has 0 aliphatic carbocycles. The molecule has 4 heteroatoms. The summed E-state index contributed by atoms with van der Waals surface area (Å²) in [5.74, 6) is 0.935. The number of thiophene rings is 1. The van der Waals surface area contributed by atoms with Crippen LogP contribution in [0.25, 0.3) is 0 Å². The summed E-state index contributed by atoms with van der Waals surface area (Å²) in [5.41, 5.74) is 2.38. The maximum Gasteiger partial charge on any atom is 0.122 e. The van der Waals surface area contributed by atoms with Gasteiger partial charge in [0.2, 0.25) is 0 Å². The van der Waals surface area contributed by atoms with Gasteiger partial charge in [-0.3, -0.25) is 0 Å². The van der Waals surface area contributed by atoms with E-state index in [2.05, 4.69) is 59.4 Å². The van der Waals surface area contributed by atoms with E-state index in [4.69, 9.17) is 4.74 Å². The molecule has 1 atom stereocenters. The number of rotatable bonds is 4. The average molecular weight is 340 g/mol. The minimum Gasteiger partial charge on any atom is -0.496 e. The van der Waals surface area contributed by atoms with E-state index in [1.165, 1.54) is 19.8 Å². The first-order valence-electron chi connectivity index (χ1n) is 6.14. The van der Waals surface area contributed by atoms with Crippen molar-refractivity contribution in [2.75, 3.05) is 14.2 Å². The van der Waals surface area contributed by atoms with Crippen LogP contribution in [0.4, 0.5) is 0 Å². The maximum absolute atomic E-state index is 5.41. The Bertz CT molecular complexity index is 560. The molecule has 0 saturated heterocycles. The highest BCUT2D eigenvalue weighted by molar-refractivity contribution is 9.10. The van der Waals surface area contributed by atoms with Crippen LogP contribution in [0.3, 0.4) is 0 Å². The number of nitrogens with one attached hydrogen (secondary N) is 1. The van der Waals surface area contributed by atoms with Crippen LogP contribution in [0.1, 0.15) is 26.9 Å². The van der Waals surface area contributed by atoms with Gasteiger partial charge in [0.25, 0.3) is 0 Å². The molecule has 0 fully saturated rings. The van der Waals surface area contributed by atoms with Gasteiger partial charge in [-0.05, 0) is 60.1 Å². The van der Waals surface area contributed by atoms with Crippen molar-refractivity contribution in [3.8, 4) is 5.75 Å². The zero-order valence-corrected chi connectivity index (χ0v) is 14.0. The quantitative estimate of drug-likeness (QED) is 0.888. The van der Waals surface area contributed by atoms with Gasteiger partial charge in [-0.2, -0.15) is 0 Å². The van der Waals surface area contributed by atoms with Crippen LogP contribution in [0.5, 0.6) is 5.75 Å². The lowest BCUT2D eigenvalue weighted by Crippen LogP contribution is -2.16. The first kappa shape index (κ1) is 14.6. The molecule has 0 radical (unpaired) electrons. The molecule has 0 spiro atoms. The van der Waals surface area contributed by atoms with Gasteiger partial charge >= 0.3 is 0 Å². The molecule has 2 nitrogen and oxygen atoms in total. The van der Waals surface area contributed by atoms with Gasteiger partial charge < -0.3 is 10.1 Å². The van der Waals surface area contributed by atoms with Crippen LogP contribution < -0.4 is 10.1 Å². The molecule has 1 heterocycles. The molecule has 2 rings (SSSR count). The normalized spacial score (nSPS) is 12.5. The molecule has 0 bridgehead atoms. The lowest BCUT2D eigenvalue weighted by Gasteiger charge is -2.17. The van der Waals surface area contributed by atoms with E-state index in [0.29, 0.717) is 0 Å². The maximum atomic E-state index is 5.41. The summed E-state index contributed by atoms with van der Waals surface area (Å²) in [6, 6.07) is 8.76. The van der Waals surface area contributed by atoms with Crippen molar-refractivity contribution in [1.29, 1.82) is 0 Å². The first-order valence-corrected chi connectivity index (χ1v) is 7.75. The molecule has 1 aromatic heterocycles. The molecule has 19 heavy (non-hydrogen) atoms.